The Balaban J connectivity index is 1.31. The summed E-state index contributed by atoms with van der Waals surface area (Å²) >= 11 is 0. The van der Waals surface area contributed by atoms with Gasteiger partial charge in [0.15, 0.2) is 0 Å². The van der Waals surface area contributed by atoms with Gasteiger partial charge in [0.2, 0.25) is 0 Å². The van der Waals surface area contributed by atoms with Crippen LogP contribution in [-0.2, 0) is 36.3 Å². The van der Waals surface area contributed by atoms with Crippen LogP contribution in [0.25, 0.3) is 0 Å². The van der Waals surface area contributed by atoms with Crippen LogP contribution in [-0.4, -0.2) is 14.1 Å². The van der Waals surface area contributed by atoms with Gasteiger partial charge in [0, 0.05) is 18.1 Å². The Morgan fingerprint density at radius 3 is 1.48 bits per heavy atom. The van der Waals surface area contributed by atoms with Crippen LogP contribution in [0.3, 0.4) is 0 Å². The van der Waals surface area contributed by atoms with Crippen molar-refractivity contribution in [1.29, 1.82) is 0 Å². The summed E-state index contributed by atoms with van der Waals surface area (Å²) in [5, 5.41) is 4.51. The van der Waals surface area contributed by atoms with E-state index in [-0.39, 0.29) is 4.90 Å². The van der Waals surface area contributed by atoms with Crippen LogP contribution < -0.4 is 19.0 Å². The molecule has 0 bridgehead atoms. The standard InChI is InChI=1S/C42H38N2O5S/c1-32-17-23-41(24-18-32)50(45,46)44-43-42(25-33-19-21-38(22-20-33)47-29-34-11-5-2-6-12-34)37-26-39(48-30-35-13-7-3-8-14-35)28-40(27-37)49-31-36-15-9-4-10-16-36/h2-24,26-28,44H,25,29-31H2,1H3/b43-42-. The van der Waals surface area contributed by atoms with Crippen LogP contribution in [0, 0.1) is 6.92 Å². The van der Waals surface area contributed by atoms with Gasteiger partial charge in [-0.05, 0) is 65.6 Å². The van der Waals surface area contributed by atoms with Crippen LogP contribution in [0.4, 0.5) is 0 Å². The lowest BCUT2D eigenvalue weighted by Gasteiger charge is -2.15. The molecule has 0 radical (unpaired) electrons. The topological polar surface area (TPSA) is 86.2 Å². The summed E-state index contributed by atoms with van der Waals surface area (Å²) in [6, 6.07) is 49.6. The van der Waals surface area contributed by atoms with E-state index in [1.165, 1.54) is 0 Å². The van der Waals surface area contributed by atoms with Gasteiger partial charge >= 0.3 is 0 Å². The minimum Gasteiger partial charge on any atom is -0.489 e. The Labute approximate surface area is 293 Å². The Kier molecular flexibility index (Phi) is 11.2. The van der Waals surface area contributed by atoms with E-state index in [2.05, 4.69) is 9.93 Å². The summed E-state index contributed by atoms with van der Waals surface area (Å²) in [6.45, 7) is 3.05. The Bertz CT molecular complexity index is 2040. The summed E-state index contributed by atoms with van der Waals surface area (Å²) in [6.07, 6.45) is 0.315. The molecule has 0 amide bonds. The minimum atomic E-state index is -3.95. The van der Waals surface area contributed by atoms with Crippen molar-refractivity contribution in [2.24, 2.45) is 5.10 Å². The monoisotopic (exact) mass is 682 g/mol. The highest BCUT2D eigenvalue weighted by atomic mass is 32.2. The first kappa shape index (κ1) is 34.0. The van der Waals surface area contributed by atoms with E-state index < -0.39 is 10.0 Å². The molecule has 0 spiro atoms. The summed E-state index contributed by atoms with van der Waals surface area (Å²) < 4.78 is 45.1. The molecule has 6 aromatic rings. The average Bonchev–Trinajstić information content (AvgIpc) is 3.16. The highest BCUT2D eigenvalue weighted by Gasteiger charge is 2.16. The Hall–Kier alpha value is -5.86. The quantitative estimate of drug-likeness (QED) is 0.0866. The van der Waals surface area contributed by atoms with Gasteiger partial charge in [-0.3, -0.25) is 0 Å². The molecule has 0 unspecified atom stereocenters. The van der Waals surface area contributed by atoms with Crippen molar-refractivity contribution >= 4 is 15.7 Å². The van der Waals surface area contributed by atoms with Crippen molar-refractivity contribution in [2.75, 3.05) is 0 Å². The molecule has 7 nitrogen and oxygen atoms in total. The number of hydrogen-bond acceptors (Lipinski definition) is 6. The van der Waals surface area contributed by atoms with E-state index in [9.17, 15) is 8.42 Å². The second-order valence-electron chi connectivity index (χ2n) is 11.8. The van der Waals surface area contributed by atoms with Gasteiger partial charge in [-0.15, -0.1) is 0 Å². The number of hydrazone groups is 1. The minimum absolute atomic E-state index is 0.123. The summed E-state index contributed by atoms with van der Waals surface area (Å²) in [7, 11) is -3.95. The van der Waals surface area contributed by atoms with Crippen LogP contribution in [0.5, 0.6) is 17.2 Å². The van der Waals surface area contributed by atoms with Gasteiger partial charge in [0.25, 0.3) is 10.0 Å². The number of aryl methyl sites for hydroxylation is 1. The number of rotatable bonds is 15. The number of nitrogens with zero attached hydrogens (tertiary/aromatic N) is 1. The molecule has 0 aliphatic rings. The molecule has 6 rings (SSSR count). The normalized spacial score (nSPS) is 11.5. The fourth-order valence-electron chi connectivity index (χ4n) is 5.12. The second kappa shape index (κ2) is 16.5. The predicted molar refractivity (Wildman–Crippen MR) is 197 cm³/mol. The smallest absolute Gasteiger partial charge is 0.276 e. The predicted octanol–water partition coefficient (Wildman–Crippen LogP) is 8.66. The zero-order chi connectivity index (χ0) is 34.6. The van der Waals surface area contributed by atoms with Crippen LogP contribution in [0.15, 0.2) is 168 Å². The van der Waals surface area contributed by atoms with Gasteiger partial charge in [-0.1, -0.05) is 121 Å². The first-order chi connectivity index (χ1) is 24.4. The first-order valence-electron chi connectivity index (χ1n) is 16.3. The lowest BCUT2D eigenvalue weighted by Crippen LogP contribution is -2.21. The molecule has 0 heterocycles. The average molecular weight is 683 g/mol. The van der Waals surface area contributed by atoms with Crippen LogP contribution in [0.1, 0.15) is 33.4 Å². The number of nitrogens with one attached hydrogen (secondary N) is 1. The van der Waals surface area contributed by atoms with E-state index >= 15 is 0 Å². The zero-order valence-electron chi connectivity index (χ0n) is 27.7. The molecule has 50 heavy (non-hydrogen) atoms. The molecule has 0 saturated carbocycles. The molecule has 8 heteroatoms. The van der Waals surface area contributed by atoms with E-state index in [4.69, 9.17) is 14.2 Å². The molecular formula is C42H38N2O5S. The zero-order valence-corrected chi connectivity index (χ0v) is 28.6. The lowest BCUT2D eigenvalue weighted by atomic mass is 10.0. The van der Waals surface area contributed by atoms with Crippen molar-refractivity contribution in [3.63, 3.8) is 0 Å². The SMILES string of the molecule is Cc1ccc(S(=O)(=O)N/N=C(/Cc2ccc(OCc3ccccc3)cc2)c2cc(OCc3ccccc3)cc(OCc3ccccc3)c2)cc1. The number of benzene rings is 6. The second-order valence-corrected chi connectivity index (χ2v) is 13.5. The van der Waals surface area contributed by atoms with Gasteiger partial charge in [-0.2, -0.15) is 18.4 Å². The maximum atomic E-state index is 13.3. The Morgan fingerprint density at radius 1 is 0.540 bits per heavy atom. The summed E-state index contributed by atoms with van der Waals surface area (Å²) in [4.78, 5) is 2.60. The number of hydrogen-bond donors (Lipinski definition) is 1. The van der Waals surface area contributed by atoms with Crippen molar-refractivity contribution in [1.82, 2.24) is 4.83 Å². The molecule has 0 saturated heterocycles. The highest BCUT2D eigenvalue weighted by Crippen LogP contribution is 2.27. The molecule has 1 N–H and O–H groups in total. The van der Waals surface area contributed by atoms with Gasteiger partial charge in [0.1, 0.15) is 37.1 Å². The third-order valence-corrected chi connectivity index (χ3v) is 9.11. The molecule has 6 aromatic carbocycles. The van der Waals surface area contributed by atoms with Crippen LogP contribution >= 0.6 is 0 Å². The van der Waals surface area contributed by atoms with Crippen molar-refractivity contribution in [3.05, 3.63) is 191 Å². The number of sulfonamides is 1. The van der Waals surface area contributed by atoms with Crippen molar-refractivity contribution < 1.29 is 22.6 Å². The molecule has 0 aliphatic carbocycles. The molecular weight excluding hydrogens is 645 g/mol. The molecule has 0 aromatic heterocycles. The molecule has 252 valence electrons. The maximum absolute atomic E-state index is 13.3. The largest absolute Gasteiger partial charge is 0.489 e. The van der Waals surface area contributed by atoms with Crippen LogP contribution in [0.2, 0.25) is 0 Å². The summed E-state index contributed by atoms with van der Waals surface area (Å²) in [5.41, 5.74) is 6.10. The van der Waals surface area contributed by atoms with Crippen molar-refractivity contribution in [3.8, 4) is 17.2 Å². The molecule has 0 atom stereocenters. The summed E-state index contributed by atoms with van der Waals surface area (Å²) in [5.74, 6) is 1.85. The highest BCUT2D eigenvalue weighted by molar-refractivity contribution is 7.89. The fourth-order valence-corrected chi connectivity index (χ4v) is 5.95. The molecule has 0 aliphatic heterocycles. The lowest BCUT2D eigenvalue weighted by molar-refractivity contribution is 0.290. The Morgan fingerprint density at radius 2 is 1.00 bits per heavy atom. The molecule has 0 fully saturated rings. The first-order valence-corrected chi connectivity index (χ1v) is 17.8. The van der Waals surface area contributed by atoms with Gasteiger partial charge in [0.05, 0.1) is 10.6 Å². The van der Waals surface area contributed by atoms with E-state index in [0.717, 1.165) is 33.6 Å². The number of ether oxygens (including phenoxy) is 3. The third-order valence-electron chi connectivity index (χ3n) is 7.89. The van der Waals surface area contributed by atoms with E-state index in [1.807, 2.05) is 140 Å². The van der Waals surface area contributed by atoms with Crippen molar-refractivity contribution in [2.45, 2.75) is 38.1 Å². The third kappa shape index (κ3) is 9.84. The maximum Gasteiger partial charge on any atom is 0.276 e. The fraction of sp³-hybridized carbons (Fsp3) is 0.119. The van der Waals surface area contributed by atoms with E-state index in [0.29, 0.717) is 49.0 Å². The van der Waals surface area contributed by atoms with Gasteiger partial charge in [-0.25, -0.2) is 0 Å². The van der Waals surface area contributed by atoms with Gasteiger partial charge < -0.3 is 14.2 Å². The van der Waals surface area contributed by atoms with E-state index in [1.54, 1.807) is 24.3 Å².